The second-order valence-electron chi connectivity index (χ2n) is 5.15. The number of benzene rings is 1. The van der Waals surface area contributed by atoms with Crippen molar-refractivity contribution >= 4 is 17.7 Å². The first kappa shape index (κ1) is 16.3. The highest BCUT2D eigenvalue weighted by atomic mass is 32.2. The maximum Gasteiger partial charge on any atom is 0.293 e. The van der Waals surface area contributed by atoms with Crippen molar-refractivity contribution in [1.82, 2.24) is 15.5 Å². The lowest BCUT2D eigenvalue weighted by Crippen LogP contribution is -2.30. The quantitative estimate of drug-likeness (QED) is 0.709. The molecule has 0 saturated carbocycles. The topological polar surface area (TPSA) is 81.2 Å². The van der Waals surface area contributed by atoms with Crippen LogP contribution in [0.5, 0.6) is 0 Å². The molecule has 1 atom stereocenters. The molecule has 0 unspecified atom stereocenters. The van der Waals surface area contributed by atoms with E-state index in [-0.39, 0.29) is 17.7 Å². The van der Waals surface area contributed by atoms with E-state index in [2.05, 4.69) is 15.5 Å². The van der Waals surface area contributed by atoms with Gasteiger partial charge in [0.1, 0.15) is 0 Å². The van der Waals surface area contributed by atoms with Gasteiger partial charge in [0.25, 0.3) is 5.89 Å². The molecule has 0 radical (unpaired) electrons. The van der Waals surface area contributed by atoms with Gasteiger partial charge in [0, 0.05) is 5.75 Å². The second-order valence-corrected chi connectivity index (χ2v) is 6.48. The molecule has 1 N–H and O–H groups in total. The second kappa shape index (κ2) is 7.83. The van der Waals surface area contributed by atoms with Crippen LogP contribution in [0.2, 0.25) is 0 Å². The van der Waals surface area contributed by atoms with Crippen LogP contribution in [0.3, 0.4) is 0 Å². The molecule has 7 heteroatoms. The van der Waals surface area contributed by atoms with E-state index in [4.69, 9.17) is 8.94 Å². The van der Waals surface area contributed by atoms with Crippen LogP contribution in [0.15, 0.2) is 57.7 Å². The molecule has 2 aromatic heterocycles. The summed E-state index contributed by atoms with van der Waals surface area (Å²) in [5.74, 6) is 1.96. The summed E-state index contributed by atoms with van der Waals surface area (Å²) in [5, 5.41) is 6.48. The van der Waals surface area contributed by atoms with Crippen LogP contribution in [-0.4, -0.2) is 21.3 Å². The van der Waals surface area contributed by atoms with Crippen LogP contribution in [0, 0.1) is 0 Å². The Balaban J connectivity index is 1.46. The number of carbonyl (C=O) groups excluding carboxylic acids is 1. The van der Waals surface area contributed by atoms with Crippen molar-refractivity contribution in [2.24, 2.45) is 0 Å². The van der Waals surface area contributed by atoms with Gasteiger partial charge in [0.05, 0.1) is 18.1 Å². The third kappa shape index (κ3) is 4.26. The number of carbonyl (C=O) groups is 1. The molecule has 3 rings (SSSR count). The molecule has 0 spiro atoms. The van der Waals surface area contributed by atoms with E-state index in [1.54, 1.807) is 23.9 Å². The number of nitrogens with one attached hydrogen (secondary N) is 1. The fourth-order valence-corrected chi connectivity index (χ4v) is 2.88. The van der Waals surface area contributed by atoms with Gasteiger partial charge in [-0.25, -0.2) is 0 Å². The summed E-state index contributed by atoms with van der Waals surface area (Å²) in [6.45, 7) is 2.10. The minimum atomic E-state index is -0.165. The number of rotatable bonds is 7. The predicted molar refractivity (Wildman–Crippen MR) is 91.0 cm³/mol. The van der Waals surface area contributed by atoms with Crippen molar-refractivity contribution in [2.75, 3.05) is 0 Å². The lowest BCUT2D eigenvalue weighted by molar-refractivity contribution is -0.120. The fourth-order valence-electron chi connectivity index (χ4n) is 2.01. The van der Waals surface area contributed by atoms with E-state index < -0.39 is 0 Å². The van der Waals surface area contributed by atoms with Crippen LogP contribution in [0.1, 0.15) is 18.3 Å². The van der Waals surface area contributed by atoms with Gasteiger partial charge < -0.3 is 14.3 Å². The number of furan rings is 1. The SMILES string of the molecule is C[C@H](SCc1ccccc1)C(=O)NCc1noc(-c2ccco2)n1. The third-order valence-electron chi connectivity index (χ3n) is 3.33. The van der Waals surface area contributed by atoms with Gasteiger partial charge in [-0.15, -0.1) is 11.8 Å². The molecule has 2 heterocycles. The average Bonchev–Trinajstić information content (AvgIpc) is 3.29. The largest absolute Gasteiger partial charge is 0.459 e. The van der Waals surface area contributed by atoms with Crippen LogP contribution in [-0.2, 0) is 17.1 Å². The van der Waals surface area contributed by atoms with Crippen molar-refractivity contribution < 1.29 is 13.7 Å². The Morgan fingerprint density at radius 2 is 2.08 bits per heavy atom. The van der Waals surface area contributed by atoms with E-state index in [1.807, 2.05) is 37.3 Å². The van der Waals surface area contributed by atoms with Gasteiger partial charge in [0.15, 0.2) is 11.6 Å². The highest BCUT2D eigenvalue weighted by Gasteiger charge is 2.15. The zero-order valence-electron chi connectivity index (χ0n) is 13.1. The van der Waals surface area contributed by atoms with Gasteiger partial charge in [-0.1, -0.05) is 35.5 Å². The van der Waals surface area contributed by atoms with Crippen molar-refractivity contribution in [2.45, 2.75) is 24.5 Å². The Morgan fingerprint density at radius 3 is 2.83 bits per heavy atom. The molecule has 3 aromatic rings. The predicted octanol–water partition coefficient (Wildman–Crippen LogP) is 3.27. The Hall–Kier alpha value is -2.54. The molecule has 24 heavy (non-hydrogen) atoms. The van der Waals surface area contributed by atoms with E-state index in [0.717, 1.165) is 5.75 Å². The smallest absolute Gasteiger partial charge is 0.293 e. The summed E-state index contributed by atoms with van der Waals surface area (Å²) in [7, 11) is 0. The molecular formula is C17H17N3O3S. The van der Waals surface area contributed by atoms with Gasteiger partial charge >= 0.3 is 0 Å². The van der Waals surface area contributed by atoms with Gasteiger partial charge in [-0.05, 0) is 24.6 Å². The molecular weight excluding hydrogens is 326 g/mol. The highest BCUT2D eigenvalue weighted by molar-refractivity contribution is 7.99. The molecule has 6 nitrogen and oxygen atoms in total. The number of hydrogen-bond donors (Lipinski definition) is 1. The molecule has 0 aliphatic rings. The zero-order chi connectivity index (χ0) is 16.8. The zero-order valence-corrected chi connectivity index (χ0v) is 14.0. The van der Waals surface area contributed by atoms with Crippen molar-refractivity contribution in [1.29, 1.82) is 0 Å². The van der Waals surface area contributed by atoms with E-state index in [1.165, 1.54) is 11.8 Å². The highest BCUT2D eigenvalue weighted by Crippen LogP contribution is 2.18. The van der Waals surface area contributed by atoms with E-state index in [0.29, 0.717) is 17.5 Å². The van der Waals surface area contributed by atoms with E-state index >= 15 is 0 Å². The van der Waals surface area contributed by atoms with Crippen LogP contribution < -0.4 is 5.32 Å². The van der Waals surface area contributed by atoms with E-state index in [9.17, 15) is 4.79 Å². The Labute approximate surface area is 143 Å². The molecule has 0 aliphatic carbocycles. The minimum Gasteiger partial charge on any atom is -0.459 e. The summed E-state index contributed by atoms with van der Waals surface area (Å²) < 4.78 is 10.3. The fraction of sp³-hybridized carbons (Fsp3) is 0.235. The van der Waals surface area contributed by atoms with Crippen LogP contribution >= 0.6 is 11.8 Å². The molecule has 1 aromatic carbocycles. The van der Waals surface area contributed by atoms with Gasteiger partial charge in [0.2, 0.25) is 5.91 Å². The number of amides is 1. The summed E-state index contributed by atoms with van der Waals surface area (Å²) in [6.07, 6.45) is 1.53. The first-order chi connectivity index (χ1) is 11.7. The number of aromatic nitrogens is 2. The summed E-state index contributed by atoms with van der Waals surface area (Å²) in [4.78, 5) is 16.3. The maximum atomic E-state index is 12.1. The molecule has 124 valence electrons. The van der Waals surface area contributed by atoms with Crippen molar-refractivity contribution in [3.63, 3.8) is 0 Å². The molecule has 0 fully saturated rings. The Morgan fingerprint density at radius 1 is 1.25 bits per heavy atom. The molecule has 0 aliphatic heterocycles. The minimum absolute atomic E-state index is 0.0553. The van der Waals surface area contributed by atoms with Crippen LogP contribution in [0.4, 0.5) is 0 Å². The number of nitrogens with zero attached hydrogens (tertiary/aromatic N) is 2. The van der Waals surface area contributed by atoms with Crippen LogP contribution in [0.25, 0.3) is 11.7 Å². The molecule has 0 bridgehead atoms. The maximum absolute atomic E-state index is 12.1. The third-order valence-corrected chi connectivity index (χ3v) is 4.55. The summed E-state index contributed by atoms with van der Waals surface area (Å²) in [6, 6.07) is 13.5. The van der Waals surface area contributed by atoms with Crippen molar-refractivity contribution in [3.05, 3.63) is 60.1 Å². The average molecular weight is 343 g/mol. The molecule has 0 saturated heterocycles. The number of hydrogen-bond acceptors (Lipinski definition) is 6. The summed E-state index contributed by atoms with van der Waals surface area (Å²) in [5.41, 5.74) is 1.20. The monoisotopic (exact) mass is 343 g/mol. The summed E-state index contributed by atoms with van der Waals surface area (Å²) >= 11 is 1.58. The van der Waals surface area contributed by atoms with Crippen molar-refractivity contribution in [3.8, 4) is 11.7 Å². The number of thioether (sulfide) groups is 1. The Kier molecular flexibility index (Phi) is 5.32. The Bertz CT molecular complexity index is 772. The lowest BCUT2D eigenvalue weighted by atomic mass is 10.2. The molecule has 1 amide bonds. The first-order valence-corrected chi connectivity index (χ1v) is 8.57. The first-order valence-electron chi connectivity index (χ1n) is 7.52. The van der Waals surface area contributed by atoms with Gasteiger partial charge in [-0.3, -0.25) is 4.79 Å². The normalized spacial score (nSPS) is 12.0. The lowest BCUT2D eigenvalue weighted by Gasteiger charge is -2.10. The van der Waals surface area contributed by atoms with Gasteiger partial charge in [-0.2, -0.15) is 4.98 Å². The standard InChI is InChI=1S/C17H17N3O3S/c1-12(24-11-13-6-3-2-4-7-13)16(21)18-10-15-19-17(23-20-15)14-8-5-9-22-14/h2-9,12H,10-11H2,1H3,(H,18,21)/t12-/m0/s1.